The van der Waals surface area contributed by atoms with E-state index in [0.29, 0.717) is 33.4 Å². The fourth-order valence-electron chi connectivity index (χ4n) is 5.21. The first kappa shape index (κ1) is 28.2. The van der Waals surface area contributed by atoms with Crippen LogP contribution in [-0.4, -0.2) is 56.2 Å². The number of likely N-dealkylation sites (N-methyl/N-ethyl adjacent to an activating group) is 1. The minimum atomic E-state index is -1.59. The Labute approximate surface area is 242 Å². The fraction of sp³-hybridized carbons (Fsp3) is 0.300. The molecule has 0 saturated carbocycles. The van der Waals surface area contributed by atoms with Gasteiger partial charge in [-0.25, -0.2) is 4.39 Å². The second-order valence-electron chi connectivity index (χ2n) is 10.7. The average Bonchev–Trinajstić information content (AvgIpc) is 3.48. The number of carbonyl (C=O) groups is 1. The van der Waals surface area contributed by atoms with Gasteiger partial charge in [0, 0.05) is 40.7 Å². The first-order valence-electron chi connectivity index (χ1n) is 12.8. The number of hydrogen-bond donors (Lipinski definition) is 1. The van der Waals surface area contributed by atoms with Crippen LogP contribution in [0.3, 0.4) is 0 Å². The maximum Gasteiger partial charge on any atom is 0.255 e. The lowest BCUT2D eigenvalue weighted by molar-refractivity contribution is 0.0624. The molecule has 2 aromatic heterocycles. The molecule has 1 aliphatic rings. The smallest absolute Gasteiger partial charge is 0.255 e. The third-order valence-corrected chi connectivity index (χ3v) is 8.12. The molecule has 0 radical (unpaired) electrons. The Morgan fingerprint density at radius 1 is 1.05 bits per heavy atom. The molecule has 0 spiro atoms. The highest BCUT2D eigenvalue weighted by Crippen LogP contribution is 2.47. The summed E-state index contributed by atoms with van der Waals surface area (Å²) in [7, 11) is 3.93. The molecule has 208 valence electrons. The third-order valence-electron chi connectivity index (χ3n) is 7.64. The van der Waals surface area contributed by atoms with Crippen molar-refractivity contribution in [1.82, 2.24) is 24.6 Å². The maximum absolute atomic E-state index is 16.2. The van der Waals surface area contributed by atoms with E-state index in [1.54, 1.807) is 71.4 Å². The molecule has 4 aromatic rings. The Bertz CT molecular complexity index is 1550. The molecule has 0 aliphatic carbocycles. The van der Waals surface area contributed by atoms with Gasteiger partial charge in [-0.15, -0.1) is 0 Å². The summed E-state index contributed by atoms with van der Waals surface area (Å²) in [5.74, 6) is -0.965. The Morgan fingerprint density at radius 2 is 1.75 bits per heavy atom. The first-order valence-corrected chi connectivity index (χ1v) is 13.6. The lowest BCUT2D eigenvalue weighted by atomic mass is 9.81. The van der Waals surface area contributed by atoms with Gasteiger partial charge in [0.25, 0.3) is 5.91 Å². The topological polar surface area (TPSA) is 74.5 Å². The zero-order valence-electron chi connectivity index (χ0n) is 22.7. The Balaban J connectivity index is 1.60. The predicted molar refractivity (Wildman–Crippen MR) is 153 cm³/mol. The van der Waals surface area contributed by atoms with E-state index in [-0.39, 0.29) is 29.1 Å². The van der Waals surface area contributed by atoms with Gasteiger partial charge in [-0.3, -0.25) is 14.5 Å². The van der Waals surface area contributed by atoms with Gasteiger partial charge in [-0.2, -0.15) is 5.10 Å². The van der Waals surface area contributed by atoms with Crippen molar-refractivity contribution in [3.63, 3.8) is 0 Å². The van der Waals surface area contributed by atoms with Crippen molar-refractivity contribution in [3.8, 4) is 0 Å². The van der Waals surface area contributed by atoms with Crippen molar-refractivity contribution in [2.45, 2.75) is 38.1 Å². The van der Waals surface area contributed by atoms with Crippen LogP contribution in [-0.2, 0) is 24.2 Å². The van der Waals surface area contributed by atoms with Gasteiger partial charge in [0.05, 0.1) is 35.5 Å². The van der Waals surface area contributed by atoms with Crippen molar-refractivity contribution in [2.75, 3.05) is 20.6 Å². The summed E-state index contributed by atoms with van der Waals surface area (Å²) in [5.41, 5.74) is -0.287. The number of amides is 1. The van der Waals surface area contributed by atoms with E-state index in [1.807, 2.05) is 25.9 Å². The number of hydrogen-bond acceptors (Lipinski definition) is 5. The minimum Gasteiger partial charge on any atom is -0.381 e. The molecule has 10 heteroatoms. The molecule has 0 bridgehead atoms. The van der Waals surface area contributed by atoms with Crippen LogP contribution in [0.1, 0.15) is 52.2 Å². The highest BCUT2D eigenvalue weighted by molar-refractivity contribution is 6.30. The van der Waals surface area contributed by atoms with Crippen LogP contribution >= 0.6 is 23.2 Å². The molecule has 3 heterocycles. The van der Waals surface area contributed by atoms with Crippen molar-refractivity contribution >= 4 is 29.1 Å². The summed E-state index contributed by atoms with van der Waals surface area (Å²) < 4.78 is 18.0. The minimum absolute atomic E-state index is 0.119. The molecule has 5 rings (SSSR count). The summed E-state index contributed by atoms with van der Waals surface area (Å²) in [5, 5.41) is 17.0. The molecule has 1 amide bonds. The summed E-state index contributed by atoms with van der Waals surface area (Å²) >= 11 is 12.2. The van der Waals surface area contributed by atoms with Crippen molar-refractivity contribution in [2.24, 2.45) is 0 Å². The van der Waals surface area contributed by atoms with Gasteiger partial charge in [0.2, 0.25) is 0 Å². The van der Waals surface area contributed by atoms with Gasteiger partial charge in [0.1, 0.15) is 11.4 Å². The van der Waals surface area contributed by atoms with Crippen LogP contribution in [0.4, 0.5) is 4.39 Å². The van der Waals surface area contributed by atoms with Crippen LogP contribution in [0.15, 0.2) is 67.1 Å². The number of rotatable bonds is 8. The zero-order valence-corrected chi connectivity index (χ0v) is 24.2. The van der Waals surface area contributed by atoms with Crippen molar-refractivity contribution in [3.05, 3.63) is 116 Å². The zero-order chi connectivity index (χ0) is 28.8. The standard InChI is InChI=1S/C30H30Cl2FN5O2/c1-29(19-5-7-22(31)8-6-19)27-25(28(39)38(29)18-24-10-9-23(32)16-34-24)13-20(14-26(27)33)30(2,40)21-15-35-37(17-21)12-11-36(3)4/h5-10,13-17,40H,11-12,18H2,1-4H3/t29-,30?/m0/s1. The predicted octanol–water partition coefficient (Wildman–Crippen LogP) is 5.46. The van der Waals surface area contributed by atoms with Crippen LogP contribution < -0.4 is 0 Å². The molecular formula is C30H30Cl2FN5O2. The number of benzene rings is 2. The second-order valence-corrected chi connectivity index (χ2v) is 11.6. The third kappa shape index (κ3) is 5.01. The molecule has 7 nitrogen and oxygen atoms in total. The summed E-state index contributed by atoms with van der Waals surface area (Å²) in [6.45, 7) is 4.91. The summed E-state index contributed by atoms with van der Waals surface area (Å²) in [4.78, 5) is 22.0. The van der Waals surface area contributed by atoms with Gasteiger partial charge in [-0.1, -0.05) is 35.3 Å². The van der Waals surface area contributed by atoms with Gasteiger partial charge >= 0.3 is 0 Å². The van der Waals surface area contributed by atoms with Crippen LogP contribution in [0.2, 0.25) is 10.0 Å². The number of fused-ring (bicyclic) bond motifs is 1. The monoisotopic (exact) mass is 581 g/mol. The van der Waals surface area contributed by atoms with Gasteiger partial charge in [-0.05, 0) is 75.5 Å². The molecule has 40 heavy (non-hydrogen) atoms. The van der Waals surface area contributed by atoms with Crippen molar-refractivity contribution in [1.29, 1.82) is 0 Å². The fourth-order valence-corrected chi connectivity index (χ4v) is 5.45. The number of aliphatic hydroxyl groups is 1. The van der Waals surface area contributed by atoms with E-state index in [0.717, 1.165) is 6.54 Å². The van der Waals surface area contributed by atoms with Crippen LogP contribution in [0.5, 0.6) is 0 Å². The highest BCUT2D eigenvalue weighted by Gasteiger charge is 2.50. The number of carbonyl (C=O) groups excluding carboxylic acids is 1. The van der Waals surface area contributed by atoms with Gasteiger partial charge in [0.15, 0.2) is 0 Å². The quantitative estimate of drug-likeness (QED) is 0.299. The van der Waals surface area contributed by atoms with Gasteiger partial charge < -0.3 is 14.9 Å². The first-order chi connectivity index (χ1) is 18.9. The SMILES string of the molecule is CN(C)CCn1cc(C(C)(O)c2cc(F)c3c(c2)C(=O)N(Cc2ccc(Cl)cn2)[C@@]3(C)c2ccc(Cl)cc2)cn1. The number of aromatic nitrogens is 3. The Hall–Kier alpha value is -3.30. The van der Waals surface area contributed by atoms with E-state index in [4.69, 9.17) is 23.2 Å². The second kappa shape index (κ2) is 10.6. The molecule has 1 N–H and O–H groups in total. The highest BCUT2D eigenvalue weighted by atomic mass is 35.5. The molecular weight excluding hydrogens is 552 g/mol. The Kier molecular flexibility index (Phi) is 7.48. The summed E-state index contributed by atoms with van der Waals surface area (Å²) in [6.07, 6.45) is 4.82. The number of halogens is 3. The van der Waals surface area contributed by atoms with E-state index in [1.165, 1.54) is 12.3 Å². The average molecular weight is 583 g/mol. The lowest BCUT2D eigenvalue weighted by Gasteiger charge is -2.36. The molecule has 0 fully saturated rings. The van der Waals surface area contributed by atoms with Crippen molar-refractivity contribution < 1.29 is 14.3 Å². The Morgan fingerprint density at radius 3 is 2.40 bits per heavy atom. The molecule has 1 aliphatic heterocycles. The normalized spacial score (nSPS) is 18.3. The number of nitrogens with zero attached hydrogens (tertiary/aromatic N) is 5. The maximum atomic E-state index is 16.2. The molecule has 0 saturated heterocycles. The molecule has 1 unspecified atom stereocenters. The molecule has 2 aromatic carbocycles. The van der Waals surface area contributed by atoms with Crippen LogP contribution in [0.25, 0.3) is 0 Å². The lowest BCUT2D eigenvalue weighted by Crippen LogP contribution is -2.42. The van der Waals surface area contributed by atoms with E-state index < -0.39 is 17.0 Å². The van der Waals surface area contributed by atoms with E-state index >= 15 is 4.39 Å². The number of pyridine rings is 1. The largest absolute Gasteiger partial charge is 0.381 e. The van der Waals surface area contributed by atoms with Crippen LogP contribution in [0, 0.1) is 5.82 Å². The molecule has 2 atom stereocenters. The summed E-state index contributed by atoms with van der Waals surface area (Å²) in [6, 6.07) is 13.3. The van der Waals surface area contributed by atoms with E-state index in [9.17, 15) is 9.90 Å². The van der Waals surface area contributed by atoms with E-state index in [2.05, 4.69) is 10.1 Å².